The molecule has 0 atom stereocenters. The molecule has 1 aromatic rings. The first-order chi connectivity index (χ1) is 10.2. The fraction of sp³-hybridized carbons (Fsp3) is 0.667. The molecule has 1 N–H and O–H groups in total. The molecule has 0 spiro atoms. The van der Waals surface area contributed by atoms with Gasteiger partial charge >= 0.3 is 0 Å². The van der Waals surface area contributed by atoms with Crippen LogP contribution in [0.2, 0.25) is 0 Å². The molecular weight excluding hydrogens is 260 g/mol. The van der Waals surface area contributed by atoms with Crippen molar-refractivity contribution >= 4 is 0 Å². The Morgan fingerprint density at radius 1 is 1.19 bits per heavy atom. The first-order valence-corrected chi connectivity index (χ1v) is 8.35. The maximum atomic E-state index is 5.57. The molecule has 0 amide bonds. The predicted octanol–water partition coefficient (Wildman–Crippen LogP) is 2.71. The van der Waals surface area contributed by atoms with E-state index in [9.17, 15) is 0 Å². The number of hydrogen-bond acceptors (Lipinski definition) is 3. The molecule has 1 aromatic carbocycles. The number of hydrogen-bond donors (Lipinski definition) is 1. The Balaban J connectivity index is 1.56. The number of rotatable bonds is 8. The van der Waals surface area contributed by atoms with E-state index in [0.717, 1.165) is 13.2 Å². The van der Waals surface area contributed by atoms with Gasteiger partial charge in [0.2, 0.25) is 0 Å². The molecule has 0 unspecified atom stereocenters. The van der Waals surface area contributed by atoms with Crippen LogP contribution in [-0.4, -0.2) is 49.8 Å². The average molecular weight is 290 g/mol. The van der Waals surface area contributed by atoms with Gasteiger partial charge < -0.3 is 15.0 Å². The molecule has 21 heavy (non-hydrogen) atoms. The Labute approximate surface area is 129 Å². The summed E-state index contributed by atoms with van der Waals surface area (Å²) in [6.45, 7) is 9.60. The Bertz CT molecular complexity index is 372. The highest BCUT2D eigenvalue weighted by Crippen LogP contribution is 2.11. The second-order valence-electron chi connectivity index (χ2n) is 6.23. The Morgan fingerprint density at radius 2 is 1.90 bits per heavy atom. The van der Waals surface area contributed by atoms with Gasteiger partial charge in [-0.15, -0.1) is 0 Å². The van der Waals surface area contributed by atoms with Gasteiger partial charge in [0.25, 0.3) is 0 Å². The minimum atomic E-state index is 0.339. The minimum Gasteiger partial charge on any atom is -0.377 e. The fourth-order valence-corrected chi connectivity index (χ4v) is 2.85. The van der Waals surface area contributed by atoms with Crippen molar-refractivity contribution in [2.75, 3.05) is 32.8 Å². The maximum Gasteiger partial charge on any atom is 0.0594 e. The van der Waals surface area contributed by atoms with Gasteiger partial charge in [0.05, 0.1) is 12.7 Å². The molecule has 1 aliphatic rings. The molecule has 1 saturated heterocycles. The topological polar surface area (TPSA) is 24.5 Å². The van der Waals surface area contributed by atoms with Crippen LogP contribution in [0.25, 0.3) is 0 Å². The van der Waals surface area contributed by atoms with Gasteiger partial charge in [-0.05, 0) is 51.8 Å². The summed E-state index contributed by atoms with van der Waals surface area (Å²) < 4.78 is 5.57. The third kappa shape index (κ3) is 6.60. The lowest BCUT2D eigenvalue weighted by molar-refractivity contribution is 0.0771. The van der Waals surface area contributed by atoms with Crippen LogP contribution >= 0.6 is 0 Å². The smallest absolute Gasteiger partial charge is 0.0594 e. The number of nitrogens with zero attached hydrogens (tertiary/aromatic N) is 1. The summed E-state index contributed by atoms with van der Waals surface area (Å²) in [6, 6.07) is 11.5. The summed E-state index contributed by atoms with van der Waals surface area (Å²) in [4.78, 5) is 2.59. The van der Waals surface area contributed by atoms with Gasteiger partial charge in [-0.1, -0.05) is 30.3 Å². The number of benzene rings is 1. The fourth-order valence-electron chi connectivity index (χ4n) is 2.85. The van der Waals surface area contributed by atoms with Gasteiger partial charge in [-0.3, -0.25) is 0 Å². The van der Waals surface area contributed by atoms with E-state index in [1.807, 2.05) is 0 Å². The maximum absolute atomic E-state index is 5.57. The van der Waals surface area contributed by atoms with Crippen molar-refractivity contribution in [2.24, 2.45) is 0 Å². The Morgan fingerprint density at radius 3 is 2.57 bits per heavy atom. The number of ether oxygens (including phenoxy) is 1. The molecule has 3 nitrogen and oxygen atoms in total. The zero-order chi connectivity index (χ0) is 14.9. The van der Waals surface area contributed by atoms with E-state index in [-0.39, 0.29) is 0 Å². The van der Waals surface area contributed by atoms with Crippen LogP contribution in [0.1, 0.15) is 32.3 Å². The van der Waals surface area contributed by atoms with Crippen LogP contribution in [0, 0.1) is 0 Å². The van der Waals surface area contributed by atoms with Gasteiger partial charge in [0.1, 0.15) is 0 Å². The molecule has 0 aliphatic carbocycles. The summed E-state index contributed by atoms with van der Waals surface area (Å²) in [5, 5.41) is 3.62. The van der Waals surface area contributed by atoms with Crippen LogP contribution in [0.4, 0.5) is 0 Å². The van der Waals surface area contributed by atoms with Gasteiger partial charge in [0, 0.05) is 19.1 Å². The molecule has 1 aliphatic heterocycles. The second-order valence-corrected chi connectivity index (χ2v) is 6.23. The van der Waals surface area contributed by atoms with Crippen LogP contribution in [-0.2, 0) is 11.2 Å². The van der Waals surface area contributed by atoms with Crippen LogP contribution in [0.15, 0.2) is 30.3 Å². The van der Waals surface area contributed by atoms with Crippen LogP contribution in [0.3, 0.4) is 0 Å². The largest absolute Gasteiger partial charge is 0.377 e. The lowest BCUT2D eigenvalue weighted by atomic mass is 10.0. The molecular formula is C18H30N2O. The highest BCUT2D eigenvalue weighted by Gasteiger charge is 2.18. The van der Waals surface area contributed by atoms with Gasteiger partial charge in [-0.25, -0.2) is 0 Å². The highest BCUT2D eigenvalue weighted by molar-refractivity contribution is 5.14. The monoisotopic (exact) mass is 290 g/mol. The van der Waals surface area contributed by atoms with E-state index in [4.69, 9.17) is 4.74 Å². The highest BCUT2D eigenvalue weighted by atomic mass is 16.5. The second kappa shape index (κ2) is 9.19. The van der Waals surface area contributed by atoms with Gasteiger partial charge in [0.15, 0.2) is 0 Å². The summed E-state index contributed by atoms with van der Waals surface area (Å²) in [6.07, 6.45) is 4.03. The summed E-state index contributed by atoms with van der Waals surface area (Å²) in [7, 11) is 0. The van der Waals surface area contributed by atoms with E-state index in [1.165, 1.54) is 44.5 Å². The van der Waals surface area contributed by atoms with E-state index in [1.54, 1.807) is 0 Å². The van der Waals surface area contributed by atoms with E-state index in [2.05, 4.69) is 54.4 Å². The Kier molecular flexibility index (Phi) is 7.20. The molecule has 0 bridgehead atoms. The third-order valence-electron chi connectivity index (χ3n) is 4.13. The average Bonchev–Trinajstić information content (AvgIpc) is 2.51. The molecule has 3 heteroatoms. The van der Waals surface area contributed by atoms with Gasteiger partial charge in [-0.2, -0.15) is 0 Å². The van der Waals surface area contributed by atoms with Crippen molar-refractivity contribution in [3.05, 3.63) is 35.9 Å². The van der Waals surface area contributed by atoms with Crippen molar-refractivity contribution in [3.8, 4) is 0 Å². The van der Waals surface area contributed by atoms with Crippen molar-refractivity contribution < 1.29 is 4.74 Å². The standard InChI is InChI=1S/C18H30N2O/c1-16(2)21-15-11-19-18-9-13-20(14-10-18)12-8-17-6-4-3-5-7-17/h3-7,16,18-19H,8-15H2,1-2H3. The lowest BCUT2D eigenvalue weighted by Gasteiger charge is -2.32. The van der Waals surface area contributed by atoms with E-state index >= 15 is 0 Å². The molecule has 0 saturated carbocycles. The van der Waals surface area contributed by atoms with Crippen molar-refractivity contribution in [3.63, 3.8) is 0 Å². The molecule has 2 rings (SSSR count). The summed E-state index contributed by atoms with van der Waals surface area (Å²) in [5.41, 5.74) is 1.45. The van der Waals surface area contributed by atoms with Crippen LogP contribution in [0.5, 0.6) is 0 Å². The van der Waals surface area contributed by atoms with E-state index < -0.39 is 0 Å². The van der Waals surface area contributed by atoms with Crippen molar-refractivity contribution in [2.45, 2.75) is 45.3 Å². The normalized spacial score (nSPS) is 17.5. The minimum absolute atomic E-state index is 0.339. The first-order valence-electron chi connectivity index (χ1n) is 8.35. The van der Waals surface area contributed by atoms with Crippen molar-refractivity contribution in [1.82, 2.24) is 10.2 Å². The number of piperidine rings is 1. The molecule has 1 fully saturated rings. The van der Waals surface area contributed by atoms with E-state index in [0.29, 0.717) is 12.1 Å². The molecule has 0 aromatic heterocycles. The van der Waals surface area contributed by atoms with Crippen LogP contribution < -0.4 is 5.32 Å². The molecule has 118 valence electrons. The Hall–Kier alpha value is -0.900. The first kappa shape index (κ1) is 16.5. The predicted molar refractivity (Wildman–Crippen MR) is 88.7 cm³/mol. The number of nitrogens with one attached hydrogen (secondary N) is 1. The number of likely N-dealkylation sites (tertiary alicyclic amines) is 1. The molecule has 1 heterocycles. The zero-order valence-electron chi connectivity index (χ0n) is 13.6. The SMILES string of the molecule is CC(C)OCCNC1CCN(CCc2ccccc2)CC1. The summed E-state index contributed by atoms with van der Waals surface area (Å²) >= 11 is 0. The third-order valence-corrected chi connectivity index (χ3v) is 4.13. The summed E-state index contributed by atoms with van der Waals surface area (Å²) in [5.74, 6) is 0. The molecule has 0 radical (unpaired) electrons. The quantitative estimate of drug-likeness (QED) is 0.745. The van der Waals surface area contributed by atoms with Crippen molar-refractivity contribution in [1.29, 1.82) is 0 Å². The zero-order valence-corrected chi connectivity index (χ0v) is 13.6. The lowest BCUT2D eigenvalue weighted by Crippen LogP contribution is -2.44.